The summed E-state index contributed by atoms with van der Waals surface area (Å²) in [5.74, 6) is 1.92. The summed E-state index contributed by atoms with van der Waals surface area (Å²) in [4.78, 5) is 0. The summed E-state index contributed by atoms with van der Waals surface area (Å²) in [7, 11) is 0. The van der Waals surface area contributed by atoms with E-state index in [0.29, 0.717) is 22.7 Å². The first kappa shape index (κ1) is 12.9. The molecule has 1 aromatic rings. The maximum Gasteiger partial charge on any atom is 0.193 e. The van der Waals surface area contributed by atoms with Gasteiger partial charge in [0.25, 0.3) is 0 Å². The van der Waals surface area contributed by atoms with Crippen LogP contribution in [0.15, 0.2) is 6.07 Å². The molecule has 0 spiro atoms. The fraction of sp³-hybridized carbons (Fsp3) is 0.667. The maximum atomic E-state index is 5.93. The molecule has 2 rings (SSSR count). The molecule has 2 unspecified atom stereocenters. The lowest BCUT2D eigenvalue weighted by atomic mass is 9.82. The number of aromatic nitrogens is 2. The molecular weight excluding hydrogens is 259 g/mol. The van der Waals surface area contributed by atoms with Crippen molar-refractivity contribution in [3.8, 4) is 5.75 Å². The molecule has 5 heteroatoms. The lowest BCUT2D eigenvalue weighted by molar-refractivity contribution is 0.101. The molecule has 1 heterocycles. The van der Waals surface area contributed by atoms with Crippen molar-refractivity contribution in [1.82, 2.24) is 10.2 Å². The van der Waals surface area contributed by atoms with Gasteiger partial charge in [0, 0.05) is 6.07 Å². The minimum Gasteiger partial charge on any atom is -0.487 e. The molecule has 0 bridgehead atoms. The van der Waals surface area contributed by atoms with Gasteiger partial charge in [-0.25, -0.2) is 0 Å². The third-order valence-electron chi connectivity index (χ3n) is 3.12. The molecule has 1 saturated carbocycles. The van der Waals surface area contributed by atoms with Gasteiger partial charge in [0.15, 0.2) is 16.1 Å². The van der Waals surface area contributed by atoms with Gasteiger partial charge >= 0.3 is 0 Å². The van der Waals surface area contributed by atoms with E-state index in [2.05, 4.69) is 24.0 Å². The van der Waals surface area contributed by atoms with Crippen LogP contribution < -0.4 is 4.74 Å². The predicted octanol–water partition coefficient (Wildman–Crippen LogP) is 3.99. The van der Waals surface area contributed by atoms with Crippen LogP contribution >= 0.6 is 23.2 Å². The maximum absolute atomic E-state index is 5.93. The Kier molecular flexibility index (Phi) is 4.10. The molecule has 0 N–H and O–H groups in total. The Hall–Kier alpha value is -0.540. The molecule has 0 radical (unpaired) electrons. The molecule has 0 saturated heterocycles. The normalized spacial score (nSPS) is 29.1. The van der Waals surface area contributed by atoms with Crippen LogP contribution in [0.4, 0.5) is 0 Å². The minimum absolute atomic E-state index is 0.200. The van der Waals surface area contributed by atoms with Crippen molar-refractivity contribution >= 4 is 23.2 Å². The average molecular weight is 275 g/mol. The van der Waals surface area contributed by atoms with Crippen LogP contribution in [-0.2, 0) is 0 Å². The van der Waals surface area contributed by atoms with Crippen LogP contribution in [0.1, 0.15) is 33.1 Å². The summed E-state index contributed by atoms with van der Waals surface area (Å²) in [6, 6.07) is 1.63. The Morgan fingerprint density at radius 2 is 1.76 bits per heavy atom. The summed E-state index contributed by atoms with van der Waals surface area (Å²) < 4.78 is 5.89. The molecule has 0 amide bonds. The summed E-state index contributed by atoms with van der Waals surface area (Å²) >= 11 is 11.7. The second kappa shape index (κ2) is 5.40. The van der Waals surface area contributed by atoms with Crippen LogP contribution in [0.25, 0.3) is 0 Å². The van der Waals surface area contributed by atoms with Crippen LogP contribution in [0.3, 0.4) is 0 Å². The van der Waals surface area contributed by atoms with Gasteiger partial charge in [-0.3, -0.25) is 0 Å². The second-order valence-electron chi connectivity index (χ2n) is 4.98. The third kappa shape index (κ3) is 3.46. The number of rotatable bonds is 2. The van der Waals surface area contributed by atoms with E-state index in [9.17, 15) is 0 Å². The number of nitrogens with zero attached hydrogens (tertiary/aromatic N) is 2. The van der Waals surface area contributed by atoms with Crippen molar-refractivity contribution < 1.29 is 4.74 Å². The summed E-state index contributed by atoms with van der Waals surface area (Å²) in [5, 5.41) is 7.99. The number of hydrogen-bond acceptors (Lipinski definition) is 3. The molecule has 3 nitrogen and oxygen atoms in total. The Morgan fingerprint density at radius 1 is 1.12 bits per heavy atom. The van der Waals surface area contributed by atoms with Crippen molar-refractivity contribution in [1.29, 1.82) is 0 Å². The highest BCUT2D eigenvalue weighted by molar-refractivity contribution is 6.32. The van der Waals surface area contributed by atoms with Crippen LogP contribution in [-0.4, -0.2) is 16.3 Å². The molecule has 17 heavy (non-hydrogen) atoms. The fourth-order valence-electron chi connectivity index (χ4n) is 2.57. The predicted molar refractivity (Wildman–Crippen MR) is 68.6 cm³/mol. The van der Waals surface area contributed by atoms with E-state index in [-0.39, 0.29) is 11.3 Å². The van der Waals surface area contributed by atoms with E-state index in [4.69, 9.17) is 27.9 Å². The highest BCUT2D eigenvalue weighted by Crippen LogP contribution is 2.33. The van der Waals surface area contributed by atoms with Crippen molar-refractivity contribution in [2.75, 3.05) is 0 Å². The van der Waals surface area contributed by atoms with E-state index in [0.717, 1.165) is 12.8 Å². The molecule has 1 aliphatic carbocycles. The quantitative estimate of drug-likeness (QED) is 0.818. The Bertz CT molecular complexity index is 390. The van der Waals surface area contributed by atoms with E-state index in [1.165, 1.54) is 6.42 Å². The highest BCUT2D eigenvalue weighted by atomic mass is 35.5. The van der Waals surface area contributed by atoms with Crippen LogP contribution in [0.2, 0.25) is 10.3 Å². The van der Waals surface area contributed by atoms with Crippen molar-refractivity contribution in [2.45, 2.75) is 39.2 Å². The van der Waals surface area contributed by atoms with E-state index < -0.39 is 0 Å². The van der Waals surface area contributed by atoms with Crippen LogP contribution in [0, 0.1) is 11.8 Å². The first-order valence-electron chi connectivity index (χ1n) is 5.90. The Morgan fingerprint density at radius 3 is 2.41 bits per heavy atom. The van der Waals surface area contributed by atoms with E-state index in [1.807, 2.05) is 0 Å². The van der Waals surface area contributed by atoms with Gasteiger partial charge in [-0.1, -0.05) is 37.0 Å². The van der Waals surface area contributed by atoms with E-state index >= 15 is 0 Å². The van der Waals surface area contributed by atoms with E-state index in [1.54, 1.807) is 6.07 Å². The molecule has 1 fully saturated rings. The molecule has 0 aliphatic heterocycles. The van der Waals surface area contributed by atoms with Gasteiger partial charge in [-0.2, -0.15) is 0 Å². The highest BCUT2D eigenvalue weighted by Gasteiger charge is 2.26. The zero-order valence-electron chi connectivity index (χ0n) is 9.99. The monoisotopic (exact) mass is 274 g/mol. The molecule has 1 aliphatic rings. The lowest BCUT2D eigenvalue weighted by Gasteiger charge is -2.31. The van der Waals surface area contributed by atoms with Crippen molar-refractivity contribution in [3.05, 3.63) is 16.4 Å². The van der Waals surface area contributed by atoms with Gasteiger partial charge in [0.2, 0.25) is 0 Å². The lowest BCUT2D eigenvalue weighted by Crippen LogP contribution is -2.28. The van der Waals surface area contributed by atoms with Gasteiger partial charge < -0.3 is 4.74 Å². The zero-order valence-corrected chi connectivity index (χ0v) is 11.5. The first-order valence-corrected chi connectivity index (χ1v) is 6.65. The summed E-state index contributed by atoms with van der Waals surface area (Å²) in [6.07, 6.45) is 3.58. The van der Waals surface area contributed by atoms with Gasteiger partial charge in [-0.05, 0) is 31.1 Å². The van der Waals surface area contributed by atoms with Gasteiger partial charge in [0.1, 0.15) is 0 Å². The zero-order chi connectivity index (χ0) is 12.4. The molecule has 2 atom stereocenters. The second-order valence-corrected chi connectivity index (χ2v) is 5.72. The largest absolute Gasteiger partial charge is 0.487 e. The number of hydrogen-bond donors (Lipinski definition) is 0. The molecule has 0 aromatic carbocycles. The van der Waals surface area contributed by atoms with Gasteiger partial charge in [0.05, 0.1) is 6.10 Å². The van der Waals surface area contributed by atoms with Crippen molar-refractivity contribution in [3.63, 3.8) is 0 Å². The first-order chi connectivity index (χ1) is 8.04. The molecule has 1 aromatic heterocycles. The summed E-state index contributed by atoms with van der Waals surface area (Å²) in [6.45, 7) is 4.51. The third-order valence-corrected chi connectivity index (χ3v) is 3.56. The van der Waals surface area contributed by atoms with Crippen LogP contribution in [0.5, 0.6) is 5.75 Å². The smallest absolute Gasteiger partial charge is 0.193 e. The SMILES string of the molecule is CC1CC(C)CC(Oc2cc(Cl)nnc2Cl)C1. The van der Waals surface area contributed by atoms with Gasteiger partial charge in [-0.15, -0.1) is 10.2 Å². The standard InChI is InChI=1S/C12H16Cl2N2O/c1-7-3-8(2)5-9(4-7)17-10-6-11(13)15-16-12(10)14/h6-9H,3-5H2,1-2H3. The Labute approximate surface area is 111 Å². The van der Waals surface area contributed by atoms with Crippen molar-refractivity contribution in [2.24, 2.45) is 11.8 Å². The Balaban J connectivity index is 2.07. The summed E-state index contributed by atoms with van der Waals surface area (Å²) in [5.41, 5.74) is 0. The topological polar surface area (TPSA) is 35.0 Å². The molecule has 94 valence electrons. The average Bonchev–Trinajstić information content (AvgIpc) is 2.22. The minimum atomic E-state index is 0.200. The number of ether oxygens (including phenoxy) is 1. The molecular formula is C12H16Cl2N2O. The fourth-order valence-corrected chi connectivity index (χ4v) is 2.84. The number of halogens is 2.